The van der Waals surface area contributed by atoms with Gasteiger partial charge < -0.3 is 14.9 Å². The van der Waals surface area contributed by atoms with E-state index in [1.807, 2.05) is 18.2 Å². The molecule has 21 heavy (non-hydrogen) atoms. The highest BCUT2D eigenvalue weighted by atomic mass is 16.5. The molecular weight excluding hydrogens is 268 g/mol. The highest BCUT2D eigenvalue weighted by Crippen LogP contribution is 2.31. The minimum Gasteiger partial charge on any atom is -0.508 e. The third-order valence-electron chi connectivity index (χ3n) is 3.15. The minimum absolute atomic E-state index is 0.200. The van der Waals surface area contributed by atoms with Crippen molar-refractivity contribution in [2.75, 3.05) is 0 Å². The Morgan fingerprint density at radius 2 is 1.71 bits per heavy atom. The summed E-state index contributed by atoms with van der Waals surface area (Å²) in [4.78, 5) is 10.8. The van der Waals surface area contributed by atoms with Gasteiger partial charge in [0.15, 0.2) is 0 Å². The van der Waals surface area contributed by atoms with Crippen LogP contribution in [-0.4, -0.2) is 16.2 Å². The number of aromatic carboxylic acids is 1. The Balaban J connectivity index is 1.96. The van der Waals surface area contributed by atoms with Gasteiger partial charge in [-0.2, -0.15) is 0 Å². The molecule has 3 aromatic carbocycles. The summed E-state index contributed by atoms with van der Waals surface area (Å²) < 4.78 is 5.79. The Bertz CT molecular complexity index is 807. The van der Waals surface area contributed by atoms with Gasteiger partial charge in [-0.15, -0.1) is 0 Å². The van der Waals surface area contributed by atoms with E-state index in [9.17, 15) is 9.90 Å². The number of phenolic OH excluding ortho intramolecular Hbond substituents is 1. The standard InChI is InChI=1S/C17H12O4/c18-13-6-9-15-12(10-13)2-1-3-16(15)21-14-7-4-11(5-8-14)17(19)20/h1-10,18H,(H,19,20). The molecule has 2 N–H and O–H groups in total. The first-order valence-corrected chi connectivity index (χ1v) is 6.36. The topological polar surface area (TPSA) is 66.8 Å². The summed E-state index contributed by atoms with van der Waals surface area (Å²) >= 11 is 0. The Hall–Kier alpha value is -3.01. The molecule has 0 aliphatic carbocycles. The Labute approximate surface area is 120 Å². The molecule has 0 aliphatic rings. The largest absolute Gasteiger partial charge is 0.508 e. The summed E-state index contributed by atoms with van der Waals surface area (Å²) in [7, 11) is 0. The molecule has 0 atom stereocenters. The number of carbonyl (C=O) groups is 1. The van der Waals surface area contributed by atoms with Gasteiger partial charge in [0, 0.05) is 5.39 Å². The molecule has 0 radical (unpaired) electrons. The third kappa shape index (κ3) is 2.65. The molecule has 0 spiro atoms. The molecule has 0 saturated heterocycles. The lowest BCUT2D eigenvalue weighted by atomic mass is 10.1. The highest BCUT2D eigenvalue weighted by Gasteiger charge is 2.06. The zero-order valence-electron chi connectivity index (χ0n) is 11.0. The second-order valence-electron chi connectivity index (χ2n) is 4.59. The van der Waals surface area contributed by atoms with Crippen molar-refractivity contribution in [3.8, 4) is 17.2 Å². The van der Waals surface area contributed by atoms with Crippen molar-refractivity contribution in [2.45, 2.75) is 0 Å². The van der Waals surface area contributed by atoms with Crippen molar-refractivity contribution in [3.63, 3.8) is 0 Å². The van der Waals surface area contributed by atoms with Gasteiger partial charge in [-0.25, -0.2) is 4.79 Å². The van der Waals surface area contributed by atoms with Crippen molar-refractivity contribution >= 4 is 16.7 Å². The number of phenols is 1. The highest BCUT2D eigenvalue weighted by molar-refractivity contribution is 5.90. The lowest BCUT2D eigenvalue weighted by Gasteiger charge is -2.09. The second kappa shape index (κ2) is 5.17. The summed E-state index contributed by atoms with van der Waals surface area (Å²) in [6.45, 7) is 0. The molecule has 0 aromatic heterocycles. The SMILES string of the molecule is O=C(O)c1ccc(Oc2cccc3cc(O)ccc23)cc1. The monoisotopic (exact) mass is 280 g/mol. The van der Waals surface area contributed by atoms with Gasteiger partial charge in [-0.1, -0.05) is 12.1 Å². The fourth-order valence-electron chi connectivity index (χ4n) is 2.12. The van der Waals surface area contributed by atoms with Crippen molar-refractivity contribution in [1.29, 1.82) is 0 Å². The summed E-state index contributed by atoms with van der Waals surface area (Å²) in [5.74, 6) is 0.434. The van der Waals surface area contributed by atoms with Crippen LogP contribution in [0.4, 0.5) is 0 Å². The van der Waals surface area contributed by atoms with E-state index in [4.69, 9.17) is 9.84 Å². The smallest absolute Gasteiger partial charge is 0.335 e. The van der Waals surface area contributed by atoms with Gasteiger partial charge >= 0.3 is 5.97 Å². The molecule has 104 valence electrons. The van der Waals surface area contributed by atoms with E-state index in [0.29, 0.717) is 11.5 Å². The van der Waals surface area contributed by atoms with Crippen LogP contribution in [0.1, 0.15) is 10.4 Å². The van der Waals surface area contributed by atoms with Crippen LogP contribution in [0.5, 0.6) is 17.2 Å². The van der Waals surface area contributed by atoms with Crippen LogP contribution in [0.2, 0.25) is 0 Å². The normalized spacial score (nSPS) is 10.5. The van der Waals surface area contributed by atoms with Gasteiger partial charge in [0.2, 0.25) is 0 Å². The molecule has 0 amide bonds. The van der Waals surface area contributed by atoms with E-state index in [-0.39, 0.29) is 11.3 Å². The van der Waals surface area contributed by atoms with E-state index in [0.717, 1.165) is 10.8 Å². The number of aromatic hydroxyl groups is 1. The minimum atomic E-state index is -0.970. The number of carboxylic acid groups (broad SMARTS) is 1. The number of carboxylic acids is 1. The molecule has 0 unspecified atom stereocenters. The van der Waals surface area contributed by atoms with Crippen LogP contribution in [-0.2, 0) is 0 Å². The maximum atomic E-state index is 10.8. The number of ether oxygens (including phenoxy) is 1. The number of hydrogen-bond acceptors (Lipinski definition) is 3. The maximum absolute atomic E-state index is 10.8. The maximum Gasteiger partial charge on any atom is 0.335 e. The Kier molecular flexibility index (Phi) is 3.20. The van der Waals surface area contributed by atoms with Crippen LogP contribution in [0.15, 0.2) is 60.7 Å². The van der Waals surface area contributed by atoms with Crippen LogP contribution in [0, 0.1) is 0 Å². The molecule has 0 aliphatic heterocycles. The van der Waals surface area contributed by atoms with Crippen LogP contribution in [0.3, 0.4) is 0 Å². The lowest BCUT2D eigenvalue weighted by Crippen LogP contribution is -1.95. The number of hydrogen-bond donors (Lipinski definition) is 2. The fourth-order valence-corrected chi connectivity index (χ4v) is 2.12. The molecule has 4 nitrogen and oxygen atoms in total. The first-order valence-electron chi connectivity index (χ1n) is 6.36. The molecule has 0 bridgehead atoms. The van der Waals surface area contributed by atoms with Crippen LogP contribution in [0.25, 0.3) is 10.8 Å². The van der Waals surface area contributed by atoms with Crippen molar-refractivity contribution in [2.24, 2.45) is 0 Å². The zero-order chi connectivity index (χ0) is 14.8. The van der Waals surface area contributed by atoms with E-state index in [2.05, 4.69) is 0 Å². The summed E-state index contributed by atoms with van der Waals surface area (Å²) in [6.07, 6.45) is 0. The molecule has 0 fully saturated rings. The first kappa shape index (κ1) is 13.0. The van der Waals surface area contributed by atoms with Gasteiger partial charge in [-0.3, -0.25) is 0 Å². The van der Waals surface area contributed by atoms with Crippen LogP contribution >= 0.6 is 0 Å². The van der Waals surface area contributed by atoms with Crippen molar-refractivity contribution < 1.29 is 19.7 Å². The summed E-state index contributed by atoms with van der Waals surface area (Å²) in [6, 6.07) is 16.8. The van der Waals surface area contributed by atoms with Gasteiger partial charge in [0.25, 0.3) is 0 Å². The average Bonchev–Trinajstić information content (AvgIpc) is 2.47. The summed E-state index contributed by atoms with van der Waals surface area (Å²) in [5, 5.41) is 20.1. The van der Waals surface area contributed by atoms with E-state index in [1.54, 1.807) is 30.3 Å². The number of rotatable bonds is 3. The quantitative estimate of drug-likeness (QED) is 0.760. The molecule has 0 saturated carbocycles. The molecule has 0 heterocycles. The number of fused-ring (bicyclic) bond motifs is 1. The van der Waals surface area contributed by atoms with Crippen molar-refractivity contribution in [3.05, 3.63) is 66.2 Å². The van der Waals surface area contributed by atoms with E-state index in [1.165, 1.54) is 12.1 Å². The van der Waals surface area contributed by atoms with Gasteiger partial charge in [0.05, 0.1) is 5.56 Å². The molecule has 3 rings (SSSR count). The zero-order valence-corrected chi connectivity index (χ0v) is 11.0. The van der Waals surface area contributed by atoms with E-state index < -0.39 is 5.97 Å². The molecule has 4 heteroatoms. The molecular formula is C17H12O4. The summed E-state index contributed by atoms with van der Waals surface area (Å²) in [5.41, 5.74) is 0.213. The average molecular weight is 280 g/mol. The lowest BCUT2D eigenvalue weighted by molar-refractivity contribution is 0.0697. The molecule has 3 aromatic rings. The Morgan fingerprint density at radius 3 is 2.43 bits per heavy atom. The predicted octanol–water partition coefficient (Wildman–Crippen LogP) is 4.04. The van der Waals surface area contributed by atoms with Gasteiger partial charge in [-0.05, 0) is 53.9 Å². The van der Waals surface area contributed by atoms with E-state index >= 15 is 0 Å². The predicted molar refractivity (Wildman–Crippen MR) is 79.1 cm³/mol. The first-order chi connectivity index (χ1) is 10.1. The number of benzene rings is 3. The fraction of sp³-hybridized carbons (Fsp3) is 0. The van der Waals surface area contributed by atoms with Crippen LogP contribution < -0.4 is 4.74 Å². The van der Waals surface area contributed by atoms with Gasteiger partial charge in [0.1, 0.15) is 17.2 Å². The second-order valence-corrected chi connectivity index (χ2v) is 4.59. The Morgan fingerprint density at radius 1 is 0.952 bits per heavy atom. The van der Waals surface area contributed by atoms with Crippen molar-refractivity contribution in [1.82, 2.24) is 0 Å². The third-order valence-corrected chi connectivity index (χ3v) is 3.15.